The molecule has 1 N–H and O–H groups in total. The Morgan fingerprint density at radius 3 is 3.21 bits per heavy atom. The molecule has 0 aliphatic carbocycles. The Balaban J connectivity index is 1.72. The number of hydrogen-bond donors (Lipinski definition) is 1. The summed E-state index contributed by atoms with van der Waals surface area (Å²) in [7, 11) is 0. The standard InChI is InChI=1S/C13H15N3O3/c17-13(18)11-9-15(5-6-19-11)7-10-8-16-4-2-1-3-12(16)14-10/h1-4,8,11H,5-7,9H2,(H,17,18). The fourth-order valence-electron chi connectivity index (χ4n) is 2.29. The first-order valence-corrected chi connectivity index (χ1v) is 6.22. The number of pyridine rings is 1. The average Bonchev–Trinajstić information content (AvgIpc) is 2.81. The molecule has 0 saturated carbocycles. The molecule has 1 aliphatic rings. The third-order valence-electron chi connectivity index (χ3n) is 3.23. The maximum atomic E-state index is 10.9. The largest absolute Gasteiger partial charge is 0.479 e. The van der Waals surface area contributed by atoms with Gasteiger partial charge in [-0.05, 0) is 12.1 Å². The quantitative estimate of drug-likeness (QED) is 0.877. The monoisotopic (exact) mass is 261 g/mol. The van der Waals surface area contributed by atoms with Gasteiger partial charge in [-0.3, -0.25) is 4.90 Å². The lowest BCUT2D eigenvalue weighted by Gasteiger charge is -2.30. The number of fused-ring (bicyclic) bond motifs is 1. The van der Waals surface area contributed by atoms with E-state index in [2.05, 4.69) is 9.88 Å². The van der Waals surface area contributed by atoms with Crippen LogP contribution in [0.5, 0.6) is 0 Å². The van der Waals surface area contributed by atoms with E-state index in [1.54, 1.807) is 0 Å². The Hall–Kier alpha value is -1.92. The Bertz CT molecular complexity index is 563. The van der Waals surface area contributed by atoms with Gasteiger partial charge in [0.2, 0.25) is 0 Å². The molecule has 1 saturated heterocycles. The third kappa shape index (κ3) is 2.59. The van der Waals surface area contributed by atoms with Crippen molar-refractivity contribution in [3.05, 3.63) is 36.3 Å². The van der Waals surface area contributed by atoms with Crippen molar-refractivity contribution in [2.24, 2.45) is 0 Å². The van der Waals surface area contributed by atoms with Gasteiger partial charge in [0.1, 0.15) is 5.65 Å². The molecule has 1 fully saturated rings. The van der Waals surface area contributed by atoms with E-state index in [1.165, 1.54) is 0 Å². The maximum absolute atomic E-state index is 10.9. The number of aliphatic carboxylic acids is 1. The molecule has 0 aromatic carbocycles. The minimum Gasteiger partial charge on any atom is -0.479 e. The lowest BCUT2D eigenvalue weighted by Crippen LogP contribution is -2.45. The van der Waals surface area contributed by atoms with E-state index >= 15 is 0 Å². The first-order valence-electron chi connectivity index (χ1n) is 6.22. The van der Waals surface area contributed by atoms with Gasteiger partial charge < -0.3 is 14.2 Å². The molecule has 19 heavy (non-hydrogen) atoms. The van der Waals surface area contributed by atoms with E-state index in [9.17, 15) is 4.79 Å². The summed E-state index contributed by atoms with van der Waals surface area (Å²) >= 11 is 0. The lowest BCUT2D eigenvalue weighted by molar-refractivity contribution is -0.156. The van der Waals surface area contributed by atoms with Crippen LogP contribution in [0.15, 0.2) is 30.6 Å². The zero-order valence-electron chi connectivity index (χ0n) is 10.4. The van der Waals surface area contributed by atoms with Crippen molar-refractivity contribution in [2.75, 3.05) is 19.7 Å². The number of morpholine rings is 1. The van der Waals surface area contributed by atoms with Gasteiger partial charge in [-0.15, -0.1) is 0 Å². The molecule has 3 heterocycles. The molecule has 1 aliphatic heterocycles. The Morgan fingerprint density at radius 2 is 2.42 bits per heavy atom. The summed E-state index contributed by atoms with van der Waals surface area (Å²) in [5.74, 6) is -0.903. The number of hydrogen-bond acceptors (Lipinski definition) is 4. The fourth-order valence-corrected chi connectivity index (χ4v) is 2.29. The van der Waals surface area contributed by atoms with E-state index in [0.717, 1.165) is 17.9 Å². The van der Waals surface area contributed by atoms with E-state index < -0.39 is 12.1 Å². The molecule has 6 nitrogen and oxygen atoms in total. The van der Waals surface area contributed by atoms with E-state index in [4.69, 9.17) is 9.84 Å². The van der Waals surface area contributed by atoms with Gasteiger partial charge in [-0.1, -0.05) is 6.07 Å². The predicted octanol–water partition coefficient (Wildman–Crippen LogP) is 0.620. The minimum atomic E-state index is -0.903. The van der Waals surface area contributed by atoms with Gasteiger partial charge >= 0.3 is 5.97 Å². The molecule has 0 radical (unpaired) electrons. The van der Waals surface area contributed by atoms with Gasteiger partial charge in [0.15, 0.2) is 6.10 Å². The highest BCUT2D eigenvalue weighted by atomic mass is 16.5. The van der Waals surface area contributed by atoms with Crippen molar-refractivity contribution in [1.29, 1.82) is 0 Å². The summed E-state index contributed by atoms with van der Waals surface area (Å²) in [6.45, 7) is 2.24. The summed E-state index contributed by atoms with van der Waals surface area (Å²) in [4.78, 5) is 17.5. The fraction of sp³-hybridized carbons (Fsp3) is 0.385. The molecular formula is C13H15N3O3. The summed E-state index contributed by atoms with van der Waals surface area (Å²) in [6, 6.07) is 5.85. The van der Waals surface area contributed by atoms with Crippen molar-refractivity contribution in [3.63, 3.8) is 0 Å². The number of imidazole rings is 1. The topological polar surface area (TPSA) is 67.1 Å². The first kappa shape index (κ1) is 12.1. The lowest BCUT2D eigenvalue weighted by atomic mass is 10.2. The second kappa shape index (κ2) is 4.99. The number of carboxylic acids is 1. The molecule has 2 aromatic rings. The van der Waals surface area contributed by atoms with Crippen molar-refractivity contribution in [3.8, 4) is 0 Å². The number of rotatable bonds is 3. The first-order chi connectivity index (χ1) is 9.22. The number of carboxylic acid groups (broad SMARTS) is 1. The normalized spacial score (nSPS) is 20.7. The molecule has 0 spiro atoms. The zero-order valence-corrected chi connectivity index (χ0v) is 10.4. The van der Waals surface area contributed by atoms with E-state index in [1.807, 2.05) is 35.0 Å². The maximum Gasteiger partial charge on any atom is 0.334 e. The summed E-state index contributed by atoms with van der Waals surface area (Å²) in [6.07, 6.45) is 3.19. The number of aromatic nitrogens is 2. The van der Waals surface area contributed by atoms with Crippen LogP contribution in [-0.4, -0.2) is 51.2 Å². The van der Waals surface area contributed by atoms with Crippen molar-refractivity contribution < 1.29 is 14.6 Å². The smallest absolute Gasteiger partial charge is 0.334 e. The van der Waals surface area contributed by atoms with Crippen LogP contribution in [-0.2, 0) is 16.1 Å². The van der Waals surface area contributed by atoms with Crippen molar-refractivity contribution in [1.82, 2.24) is 14.3 Å². The molecule has 100 valence electrons. The molecule has 0 bridgehead atoms. The van der Waals surface area contributed by atoms with Crippen LogP contribution in [0.1, 0.15) is 5.69 Å². The summed E-state index contributed by atoms with van der Waals surface area (Å²) in [5.41, 5.74) is 1.85. The predicted molar refractivity (Wildman–Crippen MR) is 67.8 cm³/mol. The molecule has 0 amide bonds. The highest BCUT2D eigenvalue weighted by molar-refractivity contribution is 5.72. The minimum absolute atomic E-state index is 0.406. The number of ether oxygens (including phenoxy) is 1. The highest BCUT2D eigenvalue weighted by Gasteiger charge is 2.26. The van der Waals surface area contributed by atoms with Crippen LogP contribution in [0, 0.1) is 0 Å². The highest BCUT2D eigenvalue weighted by Crippen LogP contribution is 2.11. The van der Waals surface area contributed by atoms with Crippen LogP contribution in [0.3, 0.4) is 0 Å². The Morgan fingerprint density at radius 1 is 1.53 bits per heavy atom. The number of nitrogens with zero attached hydrogens (tertiary/aromatic N) is 3. The van der Waals surface area contributed by atoms with Gasteiger partial charge in [0.25, 0.3) is 0 Å². The van der Waals surface area contributed by atoms with Gasteiger partial charge in [0, 0.05) is 32.0 Å². The molecule has 3 rings (SSSR count). The van der Waals surface area contributed by atoms with Crippen LogP contribution in [0.25, 0.3) is 5.65 Å². The van der Waals surface area contributed by atoms with Crippen LogP contribution < -0.4 is 0 Å². The van der Waals surface area contributed by atoms with Crippen LogP contribution in [0.2, 0.25) is 0 Å². The van der Waals surface area contributed by atoms with Gasteiger partial charge in [-0.25, -0.2) is 9.78 Å². The van der Waals surface area contributed by atoms with Crippen molar-refractivity contribution >= 4 is 11.6 Å². The summed E-state index contributed by atoms with van der Waals surface area (Å²) < 4.78 is 7.16. The van der Waals surface area contributed by atoms with E-state index in [0.29, 0.717) is 19.7 Å². The van der Waals surface area contributed by atoms with Crippen molar-refractivity contribution in [2.45, 2.75) is 12.6 Å². The van der Waals surface area contributed by atoms with Crippen LogP contribution >= 0.6 is 0 Å². The molecule has 1 atom stereocenters. The second-order valence-electron chi connectivity index (χ2n) is 4.63. The number of carbonyl (C=O) groups is 1. The Labute approximate surface area is 110 Å². The molecule has 6 heteroatoms. The van der Waals surface area contributed by atoms with Crippen LogP contribution in [0.4, 0.5) is 0 Å². The SMILES string of the molecule is O=C(O)C1CN(Cc2cn3ccccc3n2)CCO1. The summed E-state index contributed by atoms with van der Waals surface area (Å²) in [5, 5.41) is 8.97. The zero-order chi connectivity index (χ0) is 13.2. The third-order valence-corrected chi connectivity index (χ3v) is 3.23. The van der Waals surface area contributed by atoms with E-state index in [-0.39, 0.29) is 0 Å². The molecular weight excluding hydrogens is 246 g/mol. The van der Waals surface area contributed by atoms with Gasteiger partial charge in [0.05, 0.1) is 12.3 Å². The average molecular weight is 261 g/mol. The van der Waals surface area contributed by atoms with Gasteiger partial charge in [-0.2, -0.15) is 0 Å². The second-order valence-corrected chi connectivity index (χ2v) is 4.63. The molecule has 1 unspecified atom stereocenters. The molecule has 2 aromatic heterocycles. The Kier molecular flexibility index (Phi) is 3.18.